The number of fused-ring (bicyclic) bond motifs is 1. The fourth-order valence-corrected chi connectivity index (χ4v) is 2.08. The summed E-state index contributed by atoms with van der Waals surface area (Å²) in [6.07, 6.45) is 1.65. The molecule has 0 saturated heterocycles. The van der Waals surface area contributed by atoms with Crippen LogP contribution in [0.1, 0.15) is 12.5 Å². The summed E-state index contributed by atoms with van der Waals surface area (Å²) in [5.74, 6) is -0.898. The molecule has 2 rings (SSSR count). The Morgan fingerprint density at radius 3 is 2.63 bits per heavy atom. The largest absolute Gasteiger partial charge is 0.480 e. The van der Waals surface area contributed by atoms with Crippen LogP contribution in [0.5, 0.6) is 0 Å². The van der Waals surface area contributed by atoms with Gasteiger partial charge in [0.25, 0.3) is 0 Å². The van der Waals surface area contributed by atoms with Gasteiger partial charge in [-0.3, -0.25) is 5.32 Å². The predicted octanol–water partition coefficient (Wildman–Crippen LogP) is 2.92. The summed E-state index contributed by atoms with van der Waals surface area (Å²) in [6, 6.07) is 13.6. The Kier molecular flexibility index (Phi) is 3.67. The molecule has 0 spiro atoms. The molecule has 0 radical (unpaired) electrons. The van der Waals surface area contributed by atoms with Crippen LogP contribution in [0, 0.1) is 0 Å². The van der Waals surface area contributed by atoms with E-state index in [9.17, 15) is 9.90 Å². The van der Waals surface area contributed by atoms with Crippen molar-refractivity contribution >= 4 is 16.7 Å². The van der Waals surface area contributed by atoms with Crippen molar-refractivity contribution in [2.45, 2.75) is 12.5 Å². The molecule has 0 saturated carbocycles. The Hall–Kier alpha value is -2.13. The molecule has 0 bridgehead atoms. The van der Waals surface area contributed by atoms with E-state index in [0.29, 0.717) is 6.54 Å². The molecule has 3 heteroatoms. The fourth-order valence-electron chi connectivity index (χ4n) is 2.08. The second-order valence-corrected chi connectivity index (χ2v) is 4.66. The molecular weight excluding hydrogens is 238 g/mol. The monoisotopic (exact) mass is 255 g/mol. The smallest absolute Gasteiger partial charge is 0.328 e. The van der Waals surface area contributed by atoms with Gasteiger partial charge in [-0.2, -0.15) is 0 Å². The number of aliphatic carboxylic acids is 1. The summed E-state index contributed by atoms with van der Waals surface area (Å²) >= 11 is 0. The topological polar surface area (TPSA) is 49.3 Å². The minimum Gasteiger partial charge on any atom is -0.480 e. The molecule has 0 aliphatic carbocycles. The number of hydrogen-bond donors (Lipinski definition) is 2. The quantitative estimate of drug-likeness (QED) is 0.808. The third-order valence-electron chi connectivity index (χ3n) is 3.35. The number of hydrogen-bond acceptors (Lipinski definition) is 2. The molecule has 0 aliphatic heterocycles. The molecule has 2 aromatic rings. The van der Waals surface area contributed by atoms with Crippen molar-refractivity contribution in [3.8, 4) is 0 Å². The van der Waals surface area contributed by atoms with Crippen molar-refractivity contribution in [2.75, 3.05) is 6.54 Å². The third kappa shape index (κ3) is 2.51. The van der Waals surface area contributed by atoms with E-state index < -0.39 is 11.5 Å². The number of nitrogens with one attached hydrogen (secondary N) is 1. The predicted molar refractivity (Wildman–Crippen MR) is 77.1 cm³/mol. The molecule has 2 N–H and O–H groups in total. The Morgan fingerprint density at radius 2 is 2.00 bits per heavy atom. The van der Waals surface area contributed by atoms with Gasteiger partial charge >= 0.3 is 5.97 Å². The van der Waals surface area contributed by atoms with Crippen LogP contribution in [0.25, 0.3) is 10.8 Å². The minimum absolute atomic E-state index is 0.440. The Balaban J connectivity index is 2.49. The lowest BCUT2D eigenvalue weighted by atomic mass is 9.90. The lowest BCUT2D eigenvalue weighted by Crippen LogP contribution is -2.46. The molecule has 0 amide bonds. The second kappa shape index (κ2) is 5.24. The first-order chi connectivity index (χ1) is 9.08. The van der Waals surface area contributed by atoms with Crippen LogP contribution in [0.3, 0.4) is 0 Å². The minimum atomic E-state index is -1.11. The lowest BCUT2D eigenvalue weighted by Gasteiger charge is -2.26. The highest BCUT2D eigenvalue weighted by Crippen LogP contribution is 2.25. The maximum Gasteiger partial charge on any atom is 0.328 e. The van der Waals surface area contributed by atoms with Gasteiger partial charge < -0.3 is 5.11 Å². The van der Waals surface area contributed by atoms with Crippen molar-refractivity contribution < 1.29 is 9.90 Å². The number of rotatable bonds is 5. The molecule has 1 unspecified atom stereocenters. The highest BCUT2D eigenvalue weighted by atomic mass is 16.4. The first-order valence-electron chi connectivity index (χ1n) is 6.16. The van der Waals surface area contributed by atoms with Crippen LogP contribution in [-0.2, 0) is 10.3 Å². The van der Waals surface area contributed by atoms with E-state index >= 15 is 0 Å². The number of carboxylic acids is 1. The van der Waals surface area contributed by atoms with Crippen LogP contribution in [0.4, 0.5) is 0 Å². The molecule has 0 aromatic heterocycles. The summed E-state index contributed by atoms with van der Waals surface area (Å²) in [5.41, 5.74) is -0.376. The fraction of sp³-hybridized carbons (Fsp3) is 0.188. The van der Waals surface area contributed by atoms with Crippen molar-refractivity contribution in [3.05, 3.63) is 60.7 Å². The first-order valence-corrected chi connectivity index (χ1v) is 6.16. The van der Waals surface area contributed by atoms with E-state index in [1.54, 1.807) is 13.0 Å². The van der Waals surface area contributed by atoms with Crippen molar-refractivity contribution in [1.82, 2.24) is 5.32 Å². The number of benzene rings is 2. The van der Waals surface area contributed by atoms with E-state index in [1.165, 1.54) is 0 Å². The van der Waals surface area contributed by atoms with Crippen LogP contribution in [0.2, 0.25) is 0 Å². The molecule has 2 aromatic carbocycles. The summed E-state index contributed by atoms with van der Waals surface area (Å²) in [6.45, 7) is 5.72. The average molecular weight is 255 g/mol. The van der Waals surface area contributed by atoms with E-state index in [0.717, 1.165) is 16.3 Å². The van der Waals surface area contributed by atoms with Gasteiger partial charge in [0.15, 0.2) is 0 Å². The second-order valence-electron chi connectivity index (χ2n) is 4.66. The summed E-state index contributed by atoms with van der Waals surface area (Å²) in [5, 5.41) is 14.6. The Bertz CT molecular complexity index is 621. The van der Waals surface area contributed by atoms with Gasteiger partial charge in [0.05, 0.1) is 0 Å². The molecule has 98 valence electrons. The molecule has 0 heterocycles. The SMILES string of the molecule is C=CCNC(C)(C(=O)O)c1ccc2ccccc2c1. The summed E-state index contributed by atoms with van der Waals surface area (Å²) < 4.78 is 0. The standard InChI is InChI=1S/C16H17NO2/c1-3-10-17-16(2,15(18)19)14-9-8-12-6-4-5-7-13(12)11-14/h3-9,11,17H,1,10H2,2H3,(H,18,19). The highest BCUT2D eigenvalue weighted by Gasteiger charge is 2.34. The molecule has 3 nitrogen and oxygen atoms in total. The Morgan fingerprint density at radius 1 is 1.32 bits per heavy atom. The lowest BCUT2D eigenvalue weighted by molar-refractivity contribution is -0.144. The zero-order chi connectivity index (χ0) is 13.9. The van der Waals surface area contributed by atoms with Gasteiger partial charge in [-0.1, -0.05) is 42.5 Å². The van der Waals surface area contributed by atoms with Gasteiger partial charge in [0.1, 0.15) is 5.54 Å². The zero-order valence-corrected chi connectivity index (χ0v) is 10.9. The van der Waals surface area contributed by atoms with E-state index in [2.05, 4.69) is 11.9 Å². The Labute approximate surface area is 112 Å². The molecular formula is C16H17NO2. The van der Waals surface area contributed by atoms with Crippen LogP contribution < -0.4 is 5.32 Å². The molecule has 1 atom stereocenters. The molecule has 19 heavy (non-hydrogen) atoms. The van der Waals surface area contributed by atoms with E-state index in [-0.39, 0.29) is 0 Å². The summed E-state index contributed by atoms with van der Waals surface area (Å²) in [4.78, 5) is 11.6. The maximum atomic E-state index is 11.6. The highest BCUT2D eigenvalue weighted by molar-refractivity contribution is 5.86. The summed E-state index contributed by atoms with van der Waals surface area (Å²) in [7, 11) is 0. The van der Waals surface area contributed by atoms with Gasteiger partial charge in [-0.05, 0) is 29.3 Å². The van der Waals surface area contributed by atoms with Crippen molar-refractivity contribution in [3.63, 3.8) is 0 Å². The van der Waals surface area contributed by atoms with Crippen LogP contribution >= 0.6 is 0 Å². The third-order valence-corrected chi connectivity index (χ3v) is 3.35. The number of carboxylic acid groups (broad SMARTS) is 1. The van der Waals surface area contributed by atoms with Gasteiger partial charge in [-0.25, -0.2) is 4.79 Å². The first kappa shape index (κ1) is 13.3. The van der Waals surface area contributed by atoms with Crippen LogP contribution in [0.15, 0.2) is 55.1 Å². The zero-order valence-electron chi connectivity index (χ0n) is 10.9. The van der Waals surface area contributed by atoms with Crippen molar-refractivity contribution in [1.29, 1.82) is 0 Å². The molecule has 0 aliphatic rings. The maximum absolute atomic E-state index is 11.6. The van der Waals surface area contributed by atoms with Crippen molar-refractivity contribution in [2.24, 2.45) is 0 Å². The van der Waals surface area contributed by atoms with E-state index in [1.807, 2.05) is 42.5 Å². The normalized spacial score (nSPS) is 13.9. The van der Waals surface area contributed by atoms with Gasteiger partial charge in [-0.15, -0.1) is 6.58 Å². The number of carbonyl (C=O) groups is 1. The van der Waals surface area contributed by atoms with Gasteiger partial charge in [0, 0.05) is 6.54 Å². The molecule has 0 fully saturated rings. The van der Waals surface area contributed by atoms with Gasteiger partial charge in [0.2, 0.25) is 0 Å². The average Bonchev–Trinajstić information content (AvgIpc) is 2.44. The van der Waals surface area contributed by atoms with Crippen LogP contribution in [-0.4, -0.2) is 17.6 Å². The van der Waals surface area contributed by atoms with E-state index in [4.69, 9.17) is 0 Å².